The first-order chi connectivity index (χ1) is 17.3. The van der Waals surface area contributed by atoms with E-state index in [0.29, 0.717) is 30.0 Å². The number of piperidine rings is 1. The minimum atomic E-state index is -2.73. The number of carbonyl (C=O) groups excluding carboxylic acids is 2. The molecule has 3 aliphatic rings. The highest BCUT2D eigenvalue weighted by atomic mass is 19.3. The van der Waals surface area contributed by atoms with Crippen molar-refractivity contribution in [1.29, 1.82) is 0 Å². The molecule has 192 valence electrons. The molecule has 2 amide bonds. The number of hydrogen-bond donors (Lipinski definition) is 1. The van der Waals surface area contributed by atoms with E-state index in [1.54, 1.807) is 17.0 Å². The number of hydrogen-bond acceptors (Lipinski definition) is 5. The van der Waals surface area contributed by atoms with Crippen LogP contribution in [0.3, 0.4) is 0 Å². The van der Waals surface area contributed by atoms with Gasteiger partial charge in [0.2, 0.25) is 0 Å². The van der Waals surface area contributed by atoms with Gasteiger partial charge in [-0.3, -0.25) is 14.5 Å². The Hall–Kier alpha value is -3.04. The third-order valence-electron chi connectivity index (χ3n) is 7.26. The lowest BCUT2D eigenvalue weighted by molar-refractivity contribution is -0.0494. The summed E-state index contributed by atoms with van der Waals surface area (Å²) in [5, 5.41) is 10.8. The highest BCUT2D eigenvalue weighted by Crippen LogP contribution is 2.30. The molecule has 5 rings (SSSR count). The highest BCUT2D eigenvalue weighted by Gasteiger charge is 2.36. The maximum atomic E-state index is 13.5. The van der Waals surface area contributed by atoms with E-state index >= 15 is 0 Å². The van der Waals surface area contributed by atoms with Gasteiger partial charge in [0.25, 0.3) is 17.7 Å². The maximum absolute atomic E-state index is 13.5. The fourth-order valence-corrected chi connectivity index (χ4v) is 5.20. The standard InChI is InChI=1S/C27H31F2N3O4/c28-27(29)8-11-31(12-9-27)25(34)20-5-6-23-24(15-20)36-14-13-32(26(23)35)18-22(33)17-30-10-7-19-3-1-2-4-21(19)16-30/h1-6,15,22,33H,7-14,16-18H2/t22-/m1/s1. The predicted molar refractivity (Wildman–Crippen MR) is 129 cm³/mol. The van der Waals surface area contributed by atoms with Crippen molar-refractivity contribution in [3.05, 3.63) is 64.7 Å². The predicted octanol–water partition coefficient (Wildman–Crippen LogP) is 2.81. The van der Waals surface area contributed by atoms with Crippen molar-refractivity contribution in [1.82, 2.24) is 14.7 Å². The van der Waals surface area contributed by atoms with E-state index in [-0.39, 0.29) is 50.9 Å². The van der Waals surface area contributed by atoms with Crippen molar-refractivity contribution in [2.24, 2.45) is 0 Å². The van der Waals surface area contributed by atoms with Crippen molar-refractivity contribution in [2.75, 3.05) is 45.9 Å². The molecule has 0 spiro atoms. The van der Waals surface area contributed by atoms with Crippen LogP contribution >= 0.6 is 0 Å². The molecule has 7 nitrogen and oxygen atoms in total. The molecule has 9 heteroatoms. The molecule has 1 fully saturated rings. The zero-order valence-corrected chi connectivity index (χ0v) is 20.2. The fraction of sp³-hybridized carbons (Fsp3) is 0.481. The van der Waals surface area contributed by atoms with Gasteiger partial charge in [0.15, 0.2) is 0 Å². The van der Waals surface area contributed by atoms with Crippen LogP contribution in [-0.4, -0.2) is 89.5 Å². The van der Waals surface area contributed by atoms with E-state index in [2.05, 4.69) is 17.0 Å². The Morgan fingerprint density at radius 2 is 1.78 bits per heavy atom. The summed E-state index contributed by atoms with van der Waals surface area (Å²) in [4.78, 5) is 31.3. The van der Waals surface area contributed by atoms with Gasteiger partial charge in [0, 0.05) is 57.7 Å². The Morgan fingerprint density at radius 3 is 2.56 bits per heavy atom. The van der Waals surface area contributed by atoms with Gasteiger partial charge in [0.05, 0.1) is 18.2 Å². The zero-order valence-electron chi connectivity index (χ0n) is 20.2. The number of benzene rings is 2. The zero-order chi connectivity index (χ0) is 25.3. The third-order valence-corrected chi connectivity index (χ3v) is 7.26. The second-order valence-electron chi connectivity index (χ2n) is 9.87. The second-order valence-corrected chi connectivity index (χ2v) is 9.87. The lowest BCUT2D eigenvalue weighted by Gasteiger charge is -2.32. The summed E-state index contributed by atoms with van der Waals surface area (Å²) in [5.74, 6) is -3.03. The Morgan fingerprint density at radius 1 is 1.03 bits per heavy atom. The quantitative estimate of drug-likeness (QED) is 0.685. The van der Waals surface area contributed by atoms with Crippen LogP contribution in [0.25, 0.3) is 0 Å². The topological polar surface area (TPSA) is 73.3 Å². The van der Waals surface area contributed by atoms with Gasteiger partial charge in [-0.25, -0.2) is 8.78 Å². The van der Waals surface area contributed by atoms with E-state index in [1.165, 1.54) is 22.1 Å². The van der Waals surface area contributed by atoms with Crippen molar-refractivity contribution >= 4 is 11.8 Å². The van der Waals surface area contributed by atoms with Crippen LogP contribution < -0.4 is 4.74 Å². The van der Waals surface area contributed by atoms with Gasteiger partial charge in [-0.15, -0.1) is 0 Å². The van der Waals surface area contributed by atoms with E-state index < -0.39 is 12.0 Å². The number of carbonyl (C=O) groups is 2. The molecule has 0 radical (unpaired) electrons. The molecule has 0 bridgehead atoms. The average molecular weight is 500 g/mol. The second kappa shape index (κ2) is 10.1. The fourth-order valence-electron chi connectivity index (χ4n) is 5.20. The number of amides is 2. The summed E-state index contributed by atoms with van der Waals surface area (Å²) >= 11 is 0. The molecule has 2 aromatic carbocycles. The number of alkyl halides is 2. The van der Waals surface area contributed by atoms with Gasteiger partial charge in [-0.05, 0) is 35.7 Å². The SMILES string of the molecule is O=C(c1ccc2c(c1)OCCN(C[C@H](O)CN1CCc3ccccc3C1)C2=O)N1CCC(F)(F)CC1. The lowest BCUT2D eigenvalue weighted by Crippen LogP contribution is -2.44. The first-order valence-electron chi connectivity index (χ1n) is 12.5. The van der Waals surface area contributed by atoms with E-state index in [9.17, 15) is 23.5 Å². The number of fused-ring (bicyclic) bond motifs is 2. The molecule has 0 unspecified atom stereocenters. The number of likely N-dealkylation sites (tertiary alicyclic amines) is 1. The molecule has 0 aliphatic carbocycles. The molecule has 1 saturated heterocycles. The van der Waals surface area contributed by atoms with E-state index in [0.717, 1.165) is 19.5 Å². The van der Waals surface area contributed by atoms with Gasteiger partial charge in [-0.2, -0.15) is 0 Å². The van der Waals surface area contributed by atoms with Gasteiger partial charge in [0.1, 0.15) is 12.4 Å². The van der Waals surface area contributed by atoms with Crippen LogP contribution in [0.15, 0.2) is 42.5 Å². The van der Waals surface area contributed by atoms with Crippen molar-refractivity contribution in [3.8, 4) is 5.75 Å². The number of nitrogens with zero attached hydrogens (tertiary/aromatic N) is 3. The first-order valence-corrected chi connectivity index (χ1v) is 12.5. The summed E-state index contributed by atoms with van der Waals surface area (Å²) in [6, 6.07) is 12.9. The summed E-state index contributed by atoms with van der Waals surface area (Å²) in [5.41, 5.74) is 3.25. The van der Waals surface area contributed by atoms with Gasteiger partial charge >= 0.3 is 0 Å². The maximum Gasteiger partial charge on any atom is 0.257 e. The van der Waals surface area contributed by atoms with Crippen LogP contribution in [0.5, 0.6) is 5.75 Å². The molecular formula is C27H31F2N3O4. The number of rotatable bonds is 5. The number of aliphatic hydroxyl groups is 1. The van der Waals surface area contributed by atoms with Crippen LogP contribution in [0, 0.1) is 0 Å². The number of ether oxygens (including phenoxy) is 1. The lowest BCUT2D eigenvalue weighted by atomic mass is 10.00. The van der Waals surface area contributed by atoms with Crippen molar-refractivity contribution < 1.29 is 28.2 Å². The van der Waals surface area contributed by atoms with Crippen molar-refractivity contribution in [3.63, 3.8) is 0 Å². The summed E-state index contributed by atoms with van der Waals surface area (Å²) in [7, 11) is 0. The summed E-state index contributed by atoms with van der Waals surface area (Å²) in [6.45, 7) is 2.83. The third kappa shape index (κ3) is 5.37. The first kappa shape index (κ1) is 24.6. The van der Waals surface area contributed by atoms with Crippen molar-refractivity contribution in [2.45, 2.75) is 37.8 Å². The van der Waals surface area contributed by atoms with Gasteiger partial charge < -0.3 is 19.6 Å². The monoisotopic (exact) mass is 499 g/mol. The Kier molecular flexibility index (Phi) is 6.94. The number of halogens is 2. The molecule has 3 aliphatic heterocycles. The molecular weight excluding hydrogens is 468 g/mol. The Bertz CT molecular complexity index is 1130. The molecule has 0 aromatic heterocycles. The van der Waals surface area contributed by atoms with E-state index in [1.807, 2.05) is 12.1 Å². The Labute approximate surface area is 209 Å². The van der Waals surface area contributed by atoms with Crippen LogP contribution in [0.1, 0.15) is 44.7 Å². The van der Waals surface area contributed by atoms with Gasteiger partial charge in [-0.1, -0.05) is 24.3 Å². The molecule has 36 heavy (non-hydrogen) atoms. The molecule has 3 heterocycles. The van der Waals surface area contributed by atoms with Crippen LogP contribution in [0.4, 0.5) is 8.78 Å². The van der Waals surface area contributed by atoms with Crippen LogP contribution in [0.2, 0.25) is 0 Å². The molecule has 1 atom stereocenters. The average Bonchev–Trinajstić information content (AvgIpc) is 3.01. The normalized spacial score (nSPS) is 20.7. The molecule has 0 saturated carbocycles. The molecule has 1 N–H and O–H groups in total. The van der Waals surface area contributed by atoms with Crippen LogP contribution in [-0.2, 0) is 13.0 Å². The smallest absolute Gasteiger partial charge is 0.257 e. The van der Waals surface area contributed by atoms with E-state index in [4.69, 9.17) is 4.74 Å². The summed E-state index contributed by atoms with van der Waals surface area (Å²) in [6.07, 6.45) is -0.466. The number of β-amino-alcohol motifs (C(OH)–C–C–N with tert-alkyl or cyclic N) is 1. The highest BCUT2D eigenvalue weighted by molar-refractivity contribution is 6.00. The molecule has 2 aromatic rings. The summed E-state index contributed by atoms with van der Waals surface area (Å²) < 4.78 is 32.7. The largest absolute Gasteiger partial charge is 0.491 e. The minimum Gasteiger partial charge on any atom is -0.491 e. The Balaban J connectivity index is 1.21. The minimum absolute atomic E-state index is 0.00300. The number of aliphatic hydroxyl groups excluding tert-OH is 1.